The predicted molar refractivity (Wildman–Crippen MR) is 83.4 cm³/mol. The third-order valence-electron chi connectivity index (χ3n) is 3.19. The molecule has 0 saturated heterocycles. The minimum atomic E-state index is -0.479. The molecular formula is C17H13NO4. The van der Waals surface area contributed by atoms with Gasteiger partial charge < -0.3 is 14.5 Å². The molecule has 0 aliphatic carbocycles. The Bertz CT molecular complexity index is 884. The van der Waals surface area contributed by atoms with Crippen molar-refractivity contribution in [3.05, 3.63) is 70.6 Å². The fourth-order valence-electron chi connectivity index (χ4n) is 2.09. The molecule has 3 rings (SSSR count). The Morgan fingerprint density at radius 1 is 1.09 bits per heavy atom. The quantitative estimate of drug-likeness (QED) is 0.806. The lowest BCUT2D eigenvalue weighted by molar-refractivity contribution is 0.0997. The molecule has 1 heterocycles. The molecule has 0 atom stereocenters. The molecule has 22 heavy (non-hydrogen) atoms. The van der Waals surface area contributed by atoms with E-state index in [-0.39, 0.29) is 11.2 Å². The topological polar surface area (TPSA) is 68.5 Å². The van der Waals surface area contributed by atoms with Gasteiger partial charge in [-0.05, 0) is 24.3 Å². The third kappa shape index (κ3) is 2.69. The summed E-state index contributed by atoms with van der Waals surface area (Å²) in [6.07, 6.45) is 0. The Hall–Kier alpha value is -3.08. The molecule has 110 valence electrons. The van der Waals surface area contributed by atoms with E-state index in [1.165, 1.54) is 13.2 Å². The molecule has 5 nitrogen and oxygen atoms in total. The van der Waals surface area contributed by atoms with Gasteiger partial charge in [0.1, 0.15) is 11.3 Å². The van der Waals surface area contributed by atoms with Gasteiger partial charge in [-0.2, -0.15) is 0 Å². The van der Waals surface area contributed by atoms with Crippen LogP contribution in [0, 0.1) is 0 Å². The van der Waals surface area contributed by atoms with Gasteiger partial charge in [-0.25, -0.2) is 0 Å². The standard InChI is InChI=1S/C17H13NO4/c1-21-12-7-8-13-14(19)10-16(22-15(13)9-12)17(20)18-11-5-3-2-4-6-11/h2-10H,1H3,(H,18,20). The monoisotopic (exact) mass is 295 g/mol. The van der Waals surface area contributed by atoms with Crippen LogP contribution in [0.4, 0.5) is 5.69 Å². The molecular weight excluding hydrogens is 282 g/mol. The molecule has 2 aromatic carbocycles. The van der Waals surface area contributed by atoms with Crippen molar-refractivity contribution in [2.45, 2.75) is 0 Å². The average molecular weight is 295 g/mol. The van der Waals surface area contributed by atoms with Crippen LogP contribution in [-0.2, 0) is 0 Å². The van der Waals surface area contributed by atoms with Crippen molar-refractivity contribution >= 4 is 22.6 Å². The van der Waals surface area contributed by atoms with E-state index in [0.29, 0.717) is 22.4 Å². The Morgan fingerprint density at radius 2 is 1.86 bits per heavy atom. The lowest BCUT2D eigenvalue weighted by Crippen LogP contribution is -2.14. The first-order valence-corrected chi connectivity index (χ1v) is 6.65. The maximum absolute atomic E-state index is 12.2. The molecule has 3 aromatic rings. The summed E-state index contributed by atoms with van der Waals surface area (Å²) in [5.41, 5.74) is 0.660. The molecule has 1 N–H and O–H groups in total. The van der Waals surface area contributed by atoms with Crippen LogP contribution in [-0.4, -0.2) is 13.0 Å². The number of carbonyl (C=O) groups excluding carboxylic acids is 1. The van der Waals surface area contributed by atoms with E-state index >= 15 is 0 Å². The number of fused-ring (bicyclic) bond motifs is 1. The zero-order valence-electron chi connectivity index (χ0n) is 11.8. The van der Waals surface area contributed by atoms with Gasteiger partial charge >= 0.3 is 0 Å². The normalized spacial score (nSPS) is 10.4. The van der Waals surface area contributed by atoms with E-state index in [0.717, 1.165) is 0 Å². The number of para-hydroxylation sites is 1. The number of nitrogens with one attached hydrogen (secondary N) is 1. The molecule has 1 aromatic heterocycles. The molecule has 0 saturated carbocycles. The number of hydrogen-bond donors (Lipinski definition) is 1. The first kappa shape index (κ1) is 13.9. The molecule has 0 radical (unpaired) electrons. The summed E-state index contributed by atoms with van der Waals surface area (Å²) in [7, 11) is 1.52. The van der Waals surface area contributed by atoms with Crippen LogP contribution in [0.3, 0.4) is 0 Å². The van der Waals surface area contributed by atoms with E-state index < -0.39 is 5.91 Å². The highest BCUT2D eigenvalue weighted by Crippen LogP contribution is 2.19. The second-order valence-corrected chi connectivity index (χ2v) is 4.66. The van der Waals surface area contributed by atoms with Gasteiger partial charge in [0, 0.05) is 17.8 Å². The van der Waals surface area contributed by atoms with Crippen molar-refractivity contribution in [2.24, 2.45) is 0 Å². The third-order valence-corrected chi connectivity index (χ3v) is 3.19. The van der Waals surface area contributed by atoms with Gasteiger partial charge in [-0.1, -0.05) is 18.2 Å². The SMILES string of the molecule is COc1ccc2c(=O)cc(C(=O)Nc3ccccc3)oc2c1. The molecule has 5 heteroatoms. The summed E-state index contributed by atoms with van der Waals surface area (Å²) in [6.45, 7) is 0. The molecule has 0 aliphatic heterocycles. The second-order valence-electron chi connectivity index (χ2n) is 4.66. The van der Waals surface area contributed by atoms with E-state index in [2.05, 4.69) is 5.32 Å². The van der Waals surface area contributed by atoms with Crippen molar-refractivity contribution in [1.82, 2.24) is 0 Å². The van der Waals surface area contributed by atoms with Crippen LogP contribution in [0.15, 0.2) is 63.8 Å². The highest BCUT2D eigenvalue weighted by Gasteiger charge is 2.13. The predicted octanol–water partition coefficient (Wildman–Crippen LogP) is 3.05. The van der Waals surface area contributed by atoms with Crippen LogP contribution in [0.1, 0.15) is 10.6 Å². The van der Waals surface area contributed by atoms with Crippen molar-refractivity contribution in [3.8, 4) is 5.75 Å². The summed E-state index contributed by atoms with van der Waals surface area (Å²) >= 11 is 0. The number of carbonyl (C=O) groups is 1. The van der Waals surface area contributed by atoms with Crippen LogP contribution in [0.5, 0.6) is 5.75 Å². The summed E-state index contributed by atoms with van der Waals surface area (Å²) in [4.78, 5) is 24.3. The number of rotatable bonds is 3. The van der Waals surface area contributed by atoms with Crippen LogP contribution >= 0.6 is 0 Å². The molecule has 0 fully saturated rings. The van der Waals surface area contributed by atoms with Crippen LogP contribution in [0.2, 0.25) is 0 Å². The van der Waals surface area contributed by atoms with Gasteiger partial charge in [-0.3, -0.25) is 9.59 Å². The highest BCUT2D eigenvalue weighted by molar-refractivity contribution is 6.02. The maximum Gasteiger partial charge on any atom is 0.291 e. The Balaban J connectivity index is 2.00. The molecule has 0 spiro atoms. The van der Waals surface area contributed by atoms with Crippen LogP contribution < -0.4 is 15.5 Å². The first-order valence-electron chi connectivity index (χ1n) is 6.65. The zero-order chi connectivity index (χ0) is 15.5. The summed E-state index contributed by atoms with van der Waals surface area (Å²) in [5.74, 6) is 0.0268. The first-order chi connectivity index (χ1) is 10.7. The van der Waals surface area contributed by atoms with Gasteiger partial charge in [-0.15, -0.1) is 0 Å². The van der Waals surface area contributed by atoms with Crippen molar-refractivity contribution < 1.29 is 13.9 Å². The average Bonchev–Trinajstić information content (AvgIpc) is 2.55. The van der Waals surface area contributed by atoms with E-state index in [9.17, 15) is 9.59 Å². The molecule has 0 unspecified atom stereocenters. The van der Waals surface area contributed by atoms with Gasteiger partial charge in [0.25, 0.3) is 5.91 Å². The minimum Gasteiger partial charge on any atom is -0.497 e. The number of ether oxygens (including phenoxy) is 1. The Kier molecular flexibility index (Phi) is 3.62. The lowest BCUT2D eigenvalue weighted by atomic mass is 10.2. The molecule has 1 amide bonds. The number of benzene rings is 2. The number of hydrogen-bond acceptors (Lipinski definition) is 4. The maximum atomic E-state index is 12.2. The van der Waals surface area contributed by atoms with E-state index in [1.54, 1.807) is 42.5 Å². The Morgan fingerprint density at radius 3 is 2.59 bits per heavy atom. The van der Waals surface area contributed by atoms with Crippen molar-refractivity contribution in [3.63, 3.8) is 0 Å². The van der Waals surface area contributed by atoms with Gasteiger partial charge in [0.2, 0.25) is 0 Å². The number of methoxy groups -OCH3 is 1. The fraction of sp³-hybridized carbons (Fsp3) is 0.0588. The van der Waals surface area contributed by atoms with Gasteiger partial charge in [0.05, 0.1) is 12.5 Å². The summed E-state index contributed by atoms with van der Waals surface area (Å²) < 4.78 is 10.6. The summed E-state index contributed by atoms with van der Waals surface area (Å²) in [5, 5.41) is 3.08. The second kappa shape index (κ2) is 5.73. The fourth-order valence-corrected chi connectivity index (χ4v) is 2.09. The number of amides is 1. The smallest absolute Gasteiger partial charge is 0.291 e. The van der Waals surface area contributed by atoms with Crippen molar-refractivity contribution in [1.29, 1.82) is 0 Å². The largest absolute Gasteiger partial charge is 0.497 e. The van der Waals surface area contributed by atoms with Crippen molar-refractivity contribution in [2.75, 3.05) is 12.4 Å². The molecule has 0 aliphatic rings. The number of anilines is 1. The van der Waals surface area contributed by atoms with E-state index in [1.807, 2.05) is 6.07 Å². The highest BCUT2D eigenvalue weighted by atomic mass is 16.5. The lowest BCUT2D eigenvalue weighted by Gasteiger charge is -2.06. The Labute approximate surface area is 126 Å². The van der Waals surface area contributed by atoms with Gasteiger partial charge in [0.15, 0.2) is 11.2 Å². The summed E-state index contributed by atoms with van der Waals surface area (Å²) in [6, 6.07) is 15.0. The molecule has 0 bridgehead atoms. The zero-order valence-corrected chi connectivity index (χ0v) is 11.8. The van der Waals surface area contributed by atoms with E-state index in [4.69, 9.17) is 9.15 Å². The minimum absolute atomic E-state index is 0.0467. The van der Waals surface area contributed by atoms with Crippen LogP contribution in [0.25, 0.3) is 11.0 Å².